The van der Waals surface area contributed by atoms with Crippen LogP contribution in [0, 0.1) is 0 Å². The lowest BCUT2D eigenvalue weighted by atomic mass is 10.4. The van der Waals surface area contributed by atoms with Crippen LogP contribution in [0.4, 0.5) is 0 Å². The molecule has 0 saturated heterocycles. The van der Waals surface area contributed by atoms with E-state index in [1.54, 1.807) is 6.08 Å². The van der Waals surface area contributed by atoms with E-state index in [0.29, 0.717) is 18.1 Å². The average molecular weight is 178 g/mol. The number of esters is 1. The highest BCUT2D eigenvalue weighted by Gasteiger charge is 2.02. The summed E-state index contributed by atoms with van der Waals surface area (Å²) in [4.78, 5) is 17.5. The highest BCUT2D eigenvalue weighted by Crippen LogP contribution is 2.07. The second kappa shape index (κ2) is 4.25. The Morgan fingerprint density at radius 2 is 2.46 bits per heavy atom. The Morgan fingerprint density at radius 1 is 1.69 bits per heavy atom. The highest BCUT2D eigenvalue weighted by molar-refractivity contribution is 5.82. The molecule has 1 heterocycles. The molecule has 68 valence electrons. The van der Waals surface area contributed by atoms with Crippen molar-refractivity contribution in [2.75, 3.05) is 0 Å². The van der Waals surface area contributed by atoms with Crippen LogP contribution in [0.3, 0.4) is 0 Å². The molecule has 4 heteroatoms. The van der Waals surface area contributed by atoms with Gasteiger partial charge in [-0.2, -0.15) is 0 Å². The molecule has 0 aliphatic heterocycles. The molecule has 0 spiro atoms. The first-order valence-corrected chi connectivity index (χ1v) is 3.75. The number of carbonyl (C=O) groups is 1. The predicted molar refractivity (Wildman–Crippen MR) is 48.3 cm³/mol. The molecule has 1 rings (SSSR count). The van der Waals surface area contributed by atoms with Gasteiger partial charge in [-0.1, -0.05) is 12.7 Å². The van der Waals surface area contributed by atoms with Crippen LogP contribution in [0.25, 0.3) is 0 Å². The summed E-state index contributed by atoms with van der Waals surface area (Å²) < 4.78 is 4.78. The van der Waals surface area contributed by atoms with E-state index in [9.17, 15) is 4.79 Å². The lowest BCUT2D eigenvalue weighted by Crippen LogP contribution is -2.03. The minimum absolute atomic E-state index is 0.321. The van der Waals surface area contributed by atoms with Gasteiger partial charge in [-0.3, -0.25) is 0 Å². The Bertz CT molecular complexity index is 328. The van der Waals surface area contributed by atoms with Gasteiger partial charge in [-0.25, -0.2) is 9.78 Å². The minimum atomic E-state index is -0.506. The van der Waals surface area contributed by atoms with Crippen molar-refractivity contribution >= 4 is 5.97 Å². The van der Waals surface area contributed by atoms with Crippen molar-refractivity contribution in [1.82, 2.24) is 9.97 Å². The lowest BCUT2D eigenvalue weighted by molar-refractivity contribution is -0.129. The molecule has 0 bridgehead atoms. The minimum Gasteiger partial charge on any atom is -0.405 e. The maximum atomic E-state index is 10.7. The van der Waals surface area contributed by atoms with Gasteiger partial charge in [0.1, 0.15) is 5.82 Å². The van der Waals surface area contributed by atoms with Crippen molar-refractivity contribution in [1.29, 1.82) is 0 Å². The van der Waals surface area contributed by atoms with Crippen molar-refractivity contribution < 1.29 is 9.53 Å². The van der Waals surface area contributed by atoms with E-state index in [1.807, 2.05) is 0 Å². The summed E-state index contributed by atoms with van der Waals surface area (Å²) in [5.74, 6) is 0.525. The summed E-state index contributed by atoms with van der Waals surface area (Å²) >= 11 is 0. The molecule has 0 radical (unpaired) electrons. The number of allylic oxidation sites excluding steroid dienone is 1. The molecule has 13 heavy (non-hydrogen) atoms. The zero-order valence-corrected chi connectivity index (χ0v) is 7.12. The molecule has 0 atom stereocenters. The third-order valence-corrected chi connectivity index (χ3v) is 1.32. The van der Waals surface area contributed by atoms with E-state index in [2.05, 4.69) is 23.1 Å². The standard InChI is InChI=1S/C9H10N2O2/c1-3-5-7-10-6-8(11-7)13-9(12)4-2/h3-4,6H,1-2,5H2,(H,10,11). The molecule has 0 aliphatic rings. The van der Waals surface area contributed by atoms with Crippen molar-refractivity contribution in [2.45, 2.75) is 6.42 Å². The molecule has 1 aromatic heterocycles. The number of aromatic amines is 1. The second-order valence-electron chi connectivity index (χ2n) is 2.31. The summed E-state index contributed by atoms with van der Waals surface area (Å²) in [5.41, 5.74) is 0. The van der Waals surface area contributed by atoms with Gasteiger partial charge >= 0.3 is 5.97 Å². The first-order chi connectivity index (χ1) is 6.26. The summed E-state index contributed by atoms with van der Waals surface area (Å²) in [7, 11) is 0. The molecular weight excluding hydrogens is 168 g/mol. The van der Waals surface area contributed by atoms with Crippen LogP contribution in [0.15, 0.2) is 31.5 Å². The van der Waals surface area contributed by atoms with Gasteiger partial charge in [-0.15, -0.1) is 6.58 Å². The fraction of sp³-hybridized carbons (Fsp3) is 0.111. The SMILES string of the molecule is C=CCc1ncc(OC(=O)C=C)[nH]1. The number of aromatic nitrogens is 2. The first kappa shape index (κ1) is 9.25. The molecule has 0 fully saturated rings. The monoisotopic (exact) mass is 178 g/mol. The van der Waals surface area contributed by atoms with Crippen LogP contribution in [0.1, 0.15) is 5.82 Å². The van der Waals surface area contributed by atoms with Crippen molar-refractivity contribution in [2.24, 2.45) is 0 Å². The molecule has 1 aromatic rings. The van der Waals surface area contributed by atoms with Gasteiger partial charge in [0.25, 0.3) is 0 Å². The Labute approximate surface area is 75.9 Å². The number of imidazole rings is 1. The number of hydrogen-bond acceptors (Lipinski definition) is 3. The molecular formula is C9H10N2O2. The van der Waals surface area contributed by atoms with E-state index < -0.39 is 5.97 Å². The zero-order valence-electron chi connectivity index (χ0n) is 7.12. The van der Waals surface area contributed by atoms with Gasteiger partial charge in [0.2, 0.25) is 5.88 Å². The second-order valence-corrected chi connectivity index (χ2v) is 2.31. The normalized spacial score (nSPS) is 9.23. The average Bonchev–Trinajstić information content (AvgIpc) is 2.53. The van der Waals surface area contributed by atoms with Crippen molar-refractivity contribution in [3.63, 3.8) is 0 Å². The fourth-order valence-corrected chi connectivity index (χ4v) is 0.786. The van der Waals surface area contributed by atoms with Gasteiger partial charge in [-0.05, 0) is 0 Å². The van der Waals surface area contributed by atoms with Gasteiger partial charge in [0, 0.05) is 12.5 Å². The van der Waals surface area contributed by atoms with E-state index in [-0.39, 0.29) is 0 Å². The zero-order chi connectivity index (χ0) is 9.68. The summed E-state index contributed by atoms with van der Waals surface area (Å²) in [6, 6.07) is 0. The molecule has 0 unspecified atom stereocenters. The summed E-state index contributed by atoms with van der Waals surface area (Å²) in [5, 5.41) is 0. The van der Waals surface area contributed by atoms with Crippen LogP contribution in [-0.2, 0) is 11.2 Å². The van der Waals surface area contributed by atoms with E-state index in [0.717, 1.165) is 6.08 Å². The first-order valence-electron chi connectivity index (χ1n) is 3.75. The largest absolute Gasteiger partial charge is 0.405 e. The third-order valence-electron chi connectivity index (χ3n) is 1.32. The smallest absolute Gasteiger partial charge is 0.336 e. The fourth-order valence-electron chi connectivity index (χ4n) is 0.786. The maximum Gasteiger partial charge on any atom is 0.336 e. The number of hydrogen-bond donors (Lipinski definition) is 1. The topological polar surface area (TPSA) is 55.0 Å². The van der Waals surface area contributed by atoms with Crippen LogP contribution in [-0.4, -0.2) is 15.9 Å². The van der Waals surface area contributed by atoms with Crippen LogP contribution >= 0.6 is 0 Å². The predicted octanol–water partition coefficient (Wildman–Crippen LogP) is 1.23. The number of nitrogens with zero attached hydrogens (tertiary/aromatic N) is 1. The van der Waals surface area contributed by atoms with Crippen LogP contribution in [0.2, 0.25) is 0 Å². The van der Waals surface area contributed by atoms with Gasteiger partial charge < -0.3 is 9.72 Å². The molecule has 0 amide bonds. The van der Waals surface area contributed by atoms with Crippen molar-refractivity contribution in [3.05, 3.63) is 37.3 Å². The van der Waals surface area contributed by atoms with Crippen molar-refractivity contribution in [3.8, 4) is 5.88 Å². The number of ether oxygens (including phenoxy) is 1. The van der Waals surface area contributed by atoms with Gasteiger partial charge in [0.15, 0.2) is 0 Å². The van der Waals surface area contributed by atoms with Gasteiger partial charge in [0.05, 0.1) is 6.20 Å². The molecule has 0 aromatic carbocycles. The van der Waals surface area contributed by atoms with E-state index >= 15 is 0 Å². The quantitative estimate of drug-likeness (QED) is 0.428. The van der Waals surface area contributed by atoms with E-state index in [4.69, 9.17) is 4.74 Å². The number of nitrogens with one attached hydrogen (secondary N) is 1. The van der Waals surface area contributed by atoms with Crippen LogP contribution < -0.4 is 4.74 Å². The molecule has 4 nitrogen and oxygen atoms in total. The molecule has 0 aliphatic carbocycles. The molecule has 1 N–H and O–H groups in total. The Hall–Kier alpha value is -1.84. The number of rotatable bonds is 4. The number of carbonyl (C=O) groups excluding carboxylic acids is 1. The summed E-state index contributed by atoms with van der Waals surface area (Å²) in [6.45, 7) is 6.83. The number of H-pyrrole nitrogens is 1. The Balaban J connectivity index is 2.63. The van der Waals surface area contributed by atoms with E-state index in [1.165, 1.54) is 6.20 Å². The highest BCUT2D eigenvalue weighted by atomic mass is 16.5. The van der Waals surface area contributed by atoms with Crippen LogP contribution in [0.5, 0.6) is 5.88 Å². The lowest BCUT2D eigenvalue weighted by Gasteiger charge is -1.94. The maximum absolute atomic E-state index is 10.7. The summed E-state index contributed by atoms with van der Waals surface area (Å²) in [6.07, 6.45) is 4.86. The Kier molecular flexibility index (Phi) is 3.03. The molecule has 0 saturated carbocycles. The Morgan fingerprint density at radius 3 is 3.08 bits per heavy atom. The third kappa shape index (κ3) is 2.59.